The monoisotopic (exact) mass is 254 g/mol. The molecule has 3 nitrogen and oxygen atoms in total. The zero-order valence-corrected chi connectivity index (χ0v) is 11.4. The number of hydrogen-bond donors (Lipinski definition) is 2. The number of aliphatic hydroxyl groups excluding tert-OH is 1. The third-order valence-electron chi connectivity index (χ3n) is 3.41. The van der Waals surface area contributed by atoms with Crippen LogP contribution < -0.4 is 5.32 Å². The molecule has 1 aromatic rings. The lowest BCUT2D eigenvalue weighted by Gasteiger charge is -2.25. The standard InChI is InChI=1S/C14H23FN2O/c1-11(10-18)17(3)9-8-14(16-2)12-4-6-13(15)7-5-12/h4-7,11,14,16,18H,8-10H2,1-3H3. The highest BCUT2D eigenvalue weighted by molar-refractivity contribution is 5.19. The number of halogens is 1. The smallest absolute Gasteiger partial charge is 0.123 e. The molecule has 2 N–H and O–H groups in total. The molecule has 2 unspecified atom stereocenters. The molecule has 0 fully saturated rings. The van der Waals surface area contributed by atoms with Crippen LogP contribution in [0.25, 0.3) is 0 Å². The fourth-order valence-electron chi connectivity index (χ4n) is 1.87. The minimum absolute atomic E-state index is 0.163. The van der Waals surface area contributed by atoms with E-state index in [0.29, 0.717) is 0 Å². The average molecular weight is 254 g/mol. The van der Waals surface area contributed by atoms with Crippen molar-refractivity contribution in [3.05, 3.63) is 35.6 Å². The van der Waals surface area contributed by atoms with Crippen LogP contribution in [-0.2, 0) is 0 Å². The van der Waals surface area contributed by atoms with Crippen molar-refractivity contribution in [1.29, 1.82) is 0 Å². The summed E-state index contributed by atoms with van der Waals surface area (Å²) < 4.78 is 12.9. The van der Waals surface area contributed by atoms with Gasteiger partial charge in [-0.05, 0) is 45.1 Å². The van der Waals surface area contributed by atoms with Crippen molar-refractivity contribution in [3.63, 3.8) is 0 Å². The van der Waals surface area contributed by atoms with E-state index in [4.69, 9.17) is 5.11 Å². The Kier molecular flexibility index (Phi) is 6.25. The van der Waals surface area contributed by atoms with Crippen LogP contribution in [0.1, 0.15) is 24.9 Å². The molecule has 0 radical (unpaired) electrons. The van der Waals surface area contributed by atoms with E-state index in [1.165, 1.54) is 12.1 Å². The Bertz CT molecular complexity index is 342. The minimum Gasteiger partial charge on any atom is -0.395 e. The van der Waals surface area contributed by atoms with Crippen LogP contribution >= 0.6 is 0 Å². The van der Waals surface area contributed by atoms with Gasteiger partial charge < -0.3 is 15.3 Å². The van der Waals surface area contributed by atoms with Crippen LogP contribution in [-0.4, -0.2) is 43.3 Å². The van der Waals surface area contributed by atoms with E-state index in [1.54, 1.807) is 0 Å². The van der Waals surface area contributed by atoms with Crippen LogP contribution in [0.2, 0.25) is 0 Å². The summed E-state index contributed by atoms with van der Waals surface area (Å²) in [5.74, 6) is -0.209. The Hall–Kier alpha value is -0.970. The van der Waals surface area contributed by atoms with Crippen LogP contribution in [0.5, 0.6) is 0 Å². The first-order valence-electron chi connectivity index (χ1n) is 6.32. The van der Waals surface area contributed by atoms with Gasteiger partial charge in [-0.2, -0.15) is 0 Å². The number of aliphatic hydroxyl groups is 1. The Balaban J connectivity index is 2.54. The van der Waals surface area contributed by atoms with Gasteiger partial charge in [0.2, 0.25) is 0 Å². The summed E-state index contributed by atoms with van der Waals surface area (Å²) in [7, 11) is 3.90. The van der Waals surface area contributed by atoms with Gasteiger partial charge in [-0.15, -0.1) is 0 Å². The lowest BCUT2D eigenvalue weighted by atomic mass is 10.0. The Labute approximate surface area is 109 Å². The highest BCUT2D eigenvalue weighted by atomic mass is 19.1. The molecule has 4 heteroatoms. The van der Waals surface area contributed by atoms with E-state index in [9.17, 15) is 4.39 Å². The molecule has 1 aromatic carbocycles. The summed E-state index contributed by atoms with van der Waals surface area (Å²) in [5.41, 5.74) is 1.09. The van der Waals surface area contributed by atoms with E-state index in [-0.39, 0.29) is 24.5 Å². The molecular formula is C14H23FN2O. The third-order valence-corrected chi connectivity index (χ3v) is 3.41. The maximum atomic E-state index is 12.9. The maximum absolute atomic E-state index is 12.9. The van der Waals surface area contributed by atoms with Gasteiger partial charge in [0.15, 0.2) is 0 Å². The van der Waals surface area contributed by atoms with Crippen LogP contribution in [0.3, 0.4) is 0 Å². The molecule has 102 valence electrons. The number of rotatable bonds is 7. The van der Waals surface area contributed by atoms with E-state index in [2.05, 4.69) is 10.2 Å². The Morgan fingerprint density at radius 1 is 1.33 bits per heavy atom. The van der Waals surface area contributed by atoms with Crippen molar-refractivity contribution in [1.82, 2.24) is 10.2 Å². The number of nitrogens with one attached hydrogen (secondary N) is 1. The number of hydrogen-bond acceptors (Lipinski definition) is 3. The first-order chi connectivity index (χ1) is 8.58. The summed E-state index contributed by atoms with van der Waals surface area (Å²) in [6, 6.07) is 6.96. The van der Waals surface area contributed by atoms with Gasteiger partial charge in [0.05, 0.1) is 6.61 Å². The zero-order chi connectivity index (χ0) is 13.5. The summed E-state index contributed by atoms with van der Waals surface area (Å²) in [4.78, 5) is 2.12. The average Bonchev–Trinajstić information content (AvgIpc) is 2.40. The largest absolute Gasteiger partial charge is 0.395 e. The molecule has 0 amide bonds. The number of likely N-dealkylation sites (N-methyl/N-ethyl adjacent to an activating group) is 1. The number of benzene rings is 1. The quantitative estimate of drug-likeness (QED) is 0.778. The minimum atomic E-state index is -0.209. The second-order valence-electron chi connectivity index (χ2n) is 4.69. The van der Waals surface area contributed by atoms with Crippen LogP contribution in [0.4, 0.5) is 4.39 Å². The second kappa shape index (κ2) is 7.46. The molecule has 0 aromatic heterocycles. The molecule has 1 rings (SSSR count). The highest BCUT2D eigenvalue weighted by Crippen LogP contribution is 2.17. The van der Waals surface area contributed by atoms with Crippen LogP contribution in [0, 0.1) is 5.82 Å². The van der Waals surface area contributed by atoms with Gasteiger partial charge in [-0.1, -0.05) is 12.1 Å². The van der Waals surface area contributed by atoms with Gasteiger partial charge in [0.25, 0.3) is 0 Å². The highest BCUT2D eigenvalue weighted by Gasteiger charge is 2.13. The summed E-state index contributed by atoms with van der Waals surface area (Å²) in [6.45, 7) is 3.04. The lowest BCUT2D eigenvalue weighted by Crippen LogP contribution is -2.34. The van der Waals surface area contributed by atoms with Crippen molar-refractivity contribution >= 4 is 0 Å². The van der Waals surface area contributed by atoms with Crippen molar-refractivity contribution in [2.75, 3.05) is 27.2 Å². The second-order valence-corrected chi connectivity index (χ2v) is 4.69. The first-order valence-corrected chi connectivity index (χ1v) is 6.32. The molecule has 0 saturated heterocycles. The molecule has 0 aliphatic rings. The molecular weight excluding hydrogens is 231 g/mol. The van der Waals surface area contributed by atoms with Crippen molar-refractivity contribution in [2.45, 2.75) is 25.4 Å². The number of nitrogens with zero attached hydrogens (tertiary/aromatic N) is 1. The first kappa shape index (κ1) is 15.1. The Morgan fingerprint density at radius 3 is 2.44 bits per heavy atom. The van der Waals surface area contributed by atoms with Crippen molar-refractivity contribution in [2.24, 2.45) is 0 Å². The van der Waals surface area contributed by atoms with E-state index >= 15 is 0 Å². The summed E-state index contributed by atoms with van der Waals surface area (Å²) >= 11 is 0. The van der Waals surface area contributed by atoms with Crippen LogP contribution in [0.15, 0.2) is 24.3 Å². The van der Waals surface area contributed by atoms with Gasteiger partial charge in [0.1, 0.15) is 5.82 Å². The van der Waals surface area contributed by atoms with E-state index in [1.807, 2.05) is 33.2 Å². The van der Waals surface area contributed by atoms with E-state index < -0.39 is 0 Å². The molecule has 2 atom stereocenters. The van der Waals surface area contributed by atoms with E-state index in [0.717, 1.165) is 18.5 Å². The fourth-order valence-corrected chi connectivity index (χ4v) is 1.87. The molecule has 0 saturated carbocycles. The molecule has 0 aliphatic heterocycles. The molecule has 0 heterocycles. The molecule has 0 bridgehead atoms. The Morgan fingerprint density at radius 2 is 1.94 bits per heavy atom. The third kappa shape index (κ3) is 4.37. The topological polar surface area (TPSA) is 35.5 Å². The normalized spacial score (nSPS) is 14.8. The van der Waals surface area contributed by atoms with Crippen molar-refractivity contribution < 1.29 is 9.50 Å². The SMILES string of the molecule is CNC(CCN(C)C(C)CO)c1ccc(F)cc1. The molecule has 0 spiro atoms. The zero-order valence-electron chi connectivity index (χ0n) is 11.4. The van der Waals surface area contributed by atoms with Gasteiger partial charge >= 0.3 is 0 Å². The maximum Gasteiger partial charge on any atom is 0.123 e. The predicted molar refractivity (Wildman–Crippen MR) is 72.0 cm³/mol. The summed E-state index contributed by atoms with van der Waals surface area (Å²) in [5, 5.41) is 12.3. The van der Waals surface area contributed by atoms with Gasteiger partial charge in [0, 0.05) is 18.6 Å². The lowest BCUT2D eigenvalue weighted by molar-refractivity contribution is 0.154. The van der Waals surface area contributed by atoms with Gasteiger partial charge in [-0.3, -0.25) is 0 Å². The van der Waals surface area contributed by atoms with Gasteiger partial charge in [-0.25, -0.2) is 4.39 Å². The molecule has 18 heavy (non-hydrogen) atoms. The van der Waals surface area contributed by atoms with Crippen molar-refractivity contribution in [3.8, 4) is 0 Å². The predicted octanol–water partition coefficient (Wildman–Crippen LogP) is 1.79. The molecule has 0 aliphatic carbocycles. The summed E-state index contributed by atoms with van der Waals surface area (Å²) in [6.07, 6.45) is 0.920. The fraction of sp³-hybridized carbons (Fsp3) is 0.571.